The quantitative estimate of drug-likeness (QED) is 0.649. The van der Waals surface area contributed by atoms with E-state index < -0.39 is 0 Å². The average molecular weight is 167 g/mol. The first-order valence-corrected chi connectivity index (χ1v) is 4.56. The van der Waals surface area contributed by atoms with Crippen molar-refractivity contribution in [2.24, 2.45) is 16.9 Å². The molecule has 0 bridgehead atoms. The number of nitrogens with one attached hydrogen (secondary N) is 2. The standard InChI is InChI=1S/C9H17N3/c1-4-7-5-8(10)11-12-9(7)6(2)3/h6-7H,4-5H2,1-3H3,(H2,10,11). The van der Waals surface area contributed by atoms with Crippen LogP contribution in [0.2, 0.25) is 0 Å². The summed E-state index contributed by atoms with van der Waals surface area (Å²) in [5, 5.41) is 11.6. The van der Waals surface area contributed by atoms with Crippen LogP contribution in [0, 0.1) is 17.2 Å². The van der Waals surface area contributed by atoms with Crippen LogP contribution in [-0.4, -0.2) is 11.5 Å². The lowest BCUT2D eigenvalue weighted by Crippen LogP contribution is -2.34. The third-order valence-corrected chi connectivity index (χ3v) is 2.27. The maximum Gasteiger partial charge on any atom is 0.114 e. The molecule has 1 atom stereocenters. The van der Waals surface area contributed by atoms with Gasteiger partial charge in [-0.15, -0.1) is 0 Å². The molecular weight excluding hydrogens is 150 g/mol. The van der Waals surface area contributed by atoms with E-state index in [1.165, 1.54) is 5.71 Å². The highest BCUT2D eigenvalue weighted by Gasteiger charge is 2.22. The first-order chi connectivity index (χ1) is 5.65. The normalized spacial score (nSPS) is 23.8. The molecule has 0 aromatic rings. The lowest BCUT2D eigenvalue weighted by Gasteiger charge is -2.25. The van der Waals surface area contributed by atoms with Crippen LogP contribution in [0.25, 0.3) is 0 Å². The Kier molecular flexibility index (Phi) is 2.84. The van der Waals surface area contributed by atoms with Crippen molar-refractivity contribution in [3.05, 3.63) is 0 Å². The van der Waals surface area contributed by atoms with Gasteiger partial charge in [-0.2, -0.15) is 5.10 Å². The zero-order valence-corrected chi connectivity index (χ0v) is 8.02. The second kappa shape index (κ2) is 3.70. The molecule has 0 spiro atoms. The largest absolute Gasteiger partial charge is 0.287 e. The van der Waals surface area contributed by atoms with Crippen molar-refractivity contribution in [2.45, 2.75) is 33.6 Å². The van der Waals surface area contributed by atoms with Crippen LogP contribution in [-0.2, 0) is 0 Å². The van der Waals surface area contributed by atoms with Gasteiger partial charge in [-0.3, -0.25) is 10.8 Å². The van der Waals surface area contributed by atoms with Crippen molar-refractivity contribution >= 4 is 11.5 Å². The third kappa shape index (κ3) is 1.84. The van der Waals surface area contributed by atoms with E-state index in [1.807, 2.05) is 0 Å². The summed E-state index contributed by atoms with van der Waals surface area (Å²) in [6, 6.07) is 0. The zero-order chi connectivity index (χ0) is 9.14. The molecule has 0 aromatic heterocycles. The minimum absolute atomic E-state index is 0.485. The van der Waals surface area contributed by atoms with E-state index in [0.717, 1.165) is 12.8 Å². The van der Waals surface area contributed by atoms with Crippen LogP contribution in [0.4, 0.5) is 0 Å². The van der Waals surface area contributed by atoms with Crippen molar-refractivity contribution in [1.82, 2.24) is 5.43 Å². The van der Waals surface area contributed by atoms with E-state index in [4.69, 9.17) is 5.41 Å². The molecule has 0 fully saturated rings. The van der Waals surface area contributed by atoms with Crippen molar-refractivity contribution < 1.29 is 0 Å². The molecule has 68 valence electrons. The van der Waals surface area contributed by atoms with E-state index in [1.54, 1.807) is 0 Å². The molecule has 0 amide bonds. The average Bonchev–Trinajstić information content (AvgIpc) is 2.03. The van der Waals surface area contributed by atoms with E-state index >= 15 is 0 Å². The number of amidine groups is 1. The van der Waals surface area contributed by atoms with Crippen molar-refractivity contribution in [2.75, 3.05) is 0 Å². The second-order valence-corrected chi connectivity index (χ2v) is 3.59. The minimum atomic E-state index is 0.485. The molecule has 0 saturated heterocycles. The topological polar surface area (TPSA) is 48.2 Å². The van der Waals surface area contributed by atoms with Gasteiger partial charge in [0.2, 0.25) is 0 Å². The number of hydrazone groups is 1. The number of hydrogen-bond donors (Lipinski definition) is 2. The lowest BCUT2D eigenvalue weighted by molar-refractivity contribution is 0.611. The highest BCUT2D eigenvalue weighted by Crippen LogP contribution is 2.19. The molecule has 1 rings (SSSR count). The fourth-order valence-corrected chi connectivity index (χ4v) is 1.57. The summed E-state index contributed by atoms with van der Waals surface area (Å²) in [4.78, 5) is 0. The molecule has 0 aromatic carbocycles. The molecule has 2 N–H and O–H groups in total. The zero-order valence-electron chi connectivity index (χ0n) is 8.02. The first-order valence-electron chi connectivity index (χ1n) is 4.56. The summed E-state index contributed by atoms with van der Waals surface area (Å²) in [7, 11) is 0. The Hall–Kier alpha value is -0.860. The number of hydrogen-bond acceptors (Lipinski definition) is 2. The highest BCUT2D eigenvalue weighted by molar-refractivity contribution is 5.96. The molecule has 3 nitrogen and oxygen atoms in total. The SMILES string of the molecule is CCC1CC(=N)NN=C1C(C)C. The van der Waals surface area contributed by atoms with Gasteiger partial charge < -0.3 is 0 Å². The van der Waals surface area contributed by atoms with Gasteiger partial charge in [0.05, 0.1) is 0 Å². The van der Waals surface area contributed by atoms with E-state index in [-0.39, 0.29) is 0 Å². The second-order valence-electron chi connectivity index (χ2n) is 3.59. The fourth-order valence-electron chi connectivity index (χ4n) is 1.57. The third-order valence-electron chi connectivity index (χ3n) is 2.27. The van der Waals surface area contributed by atoms with Gasteiger partial charge in [0.15, 0.2) is 0 Å². The van der Waals surface area contributed by atoms with Crippen LogP contribution in [0.5, 0.6) is 0 Å². The predicted octanol–water partition coefficient (Wildman–Crippen LogP) is 2.00. The summed E-state index contributed by atoms with van der Waals surface area (Å²) in [5.41, 5.74) is 3.97. The number of rotatable bonds is 2. The summed E-state index contributed by atoms with van der Waals surface area (Å²) < 4.78 is 0. The summed E-state index contributed by atoms with van der Waals surface area (Å²) >= 11 is 0. The molecule has 0 saturated carbocycles. The van der Waals surface area contributed by atoms with Crippen molar-refractivity contribution in [3.63, 3.8) is 0 Å². The molecule has 0 radical (unpaired) electrons. The smallest absolute Gasteiger partial charge is 0.114 e. The Morgan fingerprint density at radius 1 is 1.67 bits per heavy atom. The predicted molar refractivity (Wildman–Crippen MR) is 51.5 cm³/mol. The molecule has 1 aliphatic heterocycles. The van der Waals surface area contributed by atoms with Crippen LogP contribution >= 0.6 is 0 Å². The summed E-state index contributed by atoms with van der Waals surface area (Å²) in [5.74, 6) is 1.53. The Morgan fingerprint density at radius 3 is 2.83 bits per heavy atom. The van der Waals surface area contributed by atoms with Crippen LogP contribution < -0.4 is 5.43 Å². The van der Waals surface area contributed by atoms with E-state index in [9.17, 15) is 0 Å². The van der Waals surface area contributed by atoms with Gasteiger partial charge in [-0.1, -0.05) is 20.8 Å². The molecular formula is C9H17N3. The van der Waals surface area contributed by atoms with E-state index in [0.29, 0.717) is 17.7 Å². The van der Waals surface area contributed by atoms with Gasteiger partial charge in [0.1, 0.15) is 5.84 Å². The van der Waals surface area contributed by atoms with Gasteiger partial charge in [-0.25, -0.2) is 0 Å². The Morgan fingerprint density at radius 2 is 2.33 bits per heavy atom. The van der Waals surface area contributed by atoms with Gasteiger partial charge >= 0.3 is 0 Å². The first kappa shape index (κ1) is 9.23. The summed E-state index contributed by atoms with van der Waals surface area (Å²) in [6.45, 7) is 6.46. The Labute approximate surface area is 73.8 Å². The molecule has 0 aliphatic carbocycles. The maximum absolute atomic E-state index is 7.44. The van der Waals surface area contributed by atoms with Crippen LogP contribution in [0.15, 0.2) is 5.10 Å². The molecule has 12 heavy (non-hydrogen) atoms. The lowest BCUT2D eigenvalue weighted by atomic mass is 9.88. The van der Waals surface area contributed by atoms with Gasteiger partial charge in [0.25, 0.3) is 0 Å². The Bertz CT molecular complexity index is 206. The van der Waals surface area contributed by atoms with Crippen LogP contribution in [0.1, 0.15) is 33.6 Å². The monoisotopic (exact) mass is 167 g/mol. The van der Waals surface area contributed by atoms with Crippen molar-refractivity contribution in [1.29, 1.82) is 5.41 Å². The minimum Gasteiger partial charge on any atom is -0.287 e. The maximum atomic E-state index is 7.44. The highest BCUT2D eigenvalue weighted by atomic mass is 15.3. The molecule has 1 aliphatic rings. The molecule has 1 heterocycles. The van der Waals surface area contributed by atoms with E-state index in [2.05, 4.69) is 31.3 Å². The van der Waals surface area contributed by atoms with Gasteiger partial charge in [-0.05, 0) is 12.3 Å². The summed E-state index contributed by atoms with van der Waals surface area (Å²) in [6.07, 6.45) is 1.91. The van der Waals surface area contributed by atoms with Gasteiger partial charge in [0, 0.05) is 18.1 Å². The molecule has 3 heteroatoms. The van der Waals surface area contributed by atoms with Crippen LogP contribution in [0.3, 0.4) is 0 Å². The fraction of sp³-hybridized carbons (Fsp3) is 0.778. The Balaban J connectivity index is 2.75. The number of nitrogens with zero attached hydrogens (tertiary/aromatic N) is 1. The van der Waals surface area contributed by atoms with Crippen molar-refractivity contribution in [3.8, 4) is 0 Å². The molecule has 1 unspecified atom stereocenters.